The molecule has 0 bridgehead atoms. The molecule has 0 saturated carbocycles. The van der Waals surface area contributed by atoms with Gasteiger partial charge in [0.15, 0.2) is 6.61 Å². The molecule has 0 aliphatic rings. The van der Waals surface area contributed by atoms with Crippen LogP contribution in [0.5, 0.6) is 11.5 Å². The Kier molecular flexibility index (Phi) is 8.81. The van der Waals surface area contributed by atoms with Gasteiger partial charge in [-0.15, -0.1) is 11.8 Å². The van der Waals surface area contributed by atoms with Crippen molar-refractivity contribution >= 4 is 41.1 Å². The van der Waals surface area contributed by atoms with E-state index >= 15 is 0 Å². The zero-order valence-corrected chi connectivity index (χ0v) is 22.8. The van der Waals surface area contributed by atoms with Crippen molar-refractivity contribution in [3.8, 4) is 40.0 Å². The predicted molar refractivity (Wildman–Crippen MR) is 150 cm³/mol. The summed E-state index contributed by atoms with van der Waals surface area (Å²) in [4.78, 5) is 26.1. The highest BCUT2D eigenvalue weighted by Crippen LogP contribution is 2.42. The Bertz CT molecular complexity index is 1540. The minimum absolute atomic E-state index is 0.0717. The molecule has 3 aromatic carbocycles. The molecule has 0 atom stereocenters. The van der Waals surface area contributed by atoms with Crippen LogP contribution in [0.4, 0.5) is 5.88 Å². The van der Waals surface area contributed by atoms with Crippen LogP contribution in [-0.2, 0) is 9.53 Å². The van der Waals surface area contributed by atoms with Gasteiger partial charge in [-0.05, 0) is 66.4 Å². The fourth-order valence-corrected chi connectivity index (χ4v) is 4.40. The van der Waals surface area contributed by atoms with Crippen LogP contribution in [-0.4, -0.2) is 39.0 Å². The average Bonchev–Trinajstić information content (AvgIpc) is 3.34. The van der Waals surface area contributed by atoms with Crippen LogP contribution in [0, 0.1) is 11.3 Å². The number of carbonyl (C=O) groups excluding carboxylic acids is 2. The number of nitrogens with one attached hydrogen (secondary N) is 1. The number of hydrogen-bond donors (Lipinski definition) is 1. The first-order valence-corrected chi connectivity index (χ1v) is 13.1. The van der Waals surface area contributed by atoms with Gasteiger partial charge in [0.1, 0.15) is 28.9 Å². The lowest BCUT2D eigenvalue weighted by molar-refractivity contribution is -0.119. The SMILES string of the molecule is COc1ccc(-c2oc(NC(=O)COC(=O)c3cc(SC)ccc3Cl)c(C#N)c2-c2ccc(OC)cc2)cc1. The molecule has 198 valence electrons. The Hall–Kier alpha value is -4.39. The second kappa shape index (κ2) is 12.4. The summed E-state index contributed by atoms with van der Waals surface area (Å²) >= 11 is 7.57. The quantitative estimate of drug-likeness (QED) is 0.178. The third-order valence-corrected chi connectivity index (χ3v) is 6.79. The maximum atomic E-state index is 12.8. The molecule has 0 saturated heterocycles. The molecular weight excluding hydrogens is 540 g/mol. The number of rotatable bonds is 9. The summed E-state index contributed by atoms with van der Waals surface area (Å²) in [6, 6.07) is 21.3. The molecule has 1 N–H and O–H groups in total. The minimum Gasteiger partial charge on any atom is -0.497 e. The maximum Gasteiger partial charge on any atom is 0.340 e. The molecule has 0 spiro atoms. The predicted octanol–water partition coefficient (Wildman–Crippen LogP) is 6.67. The molecule has 0 fully saturated rings. The zero-order valence-electron chi connectivity index (χ0n) is 21.2. The Balaban J connectivity index is 1.63. The number of halogens is 1. The van der Waals surface area contributed by atoms with Gasteiger partial charge in [-0.25, -0.2) is 4.79 Å². The van der Waals surface area contributed by atoms with E-state index in [1.807, 2.05) is 6.26 Å². The summed E-state index contributed by atoms with van der Waals surface area (Å²) in [5.41, 5.74) is 2.08. The monoisotopic (exact) mass is 562 g/mol. The van der Waals surface area contributed by atoms with E-state index in [1.165, 1.54) is 11.8 Å². The van der Waals surface area contributed by atoms with E-state index in [9.17, 15) is 14.9 Å². The molecule has 4 rings (SSSR count). The highest BCUT2D eigenvalue weighted by atomic mass is 35.5. The molecule has 8 nitrogen and oxygen atoms in total. The number of furan rings is 1. The Morgan fingerprint density at radius 1 is 0.974 bits per heavy atom. The summed E-state index contributed by atoms with van der Waals surface area (Å²) in [5.74, 6) is 0.155. The van der Waals surface area contributed by atoms with Gasteiger partial charge in [0.25, 0.3) is 5.91 Å². The van der Waals surface area contributed by atoms with Crippen LogP contribution in [0.3, 0.4) is 0 Å². The van der Waals surface area contributed by atoms with Crippen LogP contribution < -0.4 is 14.8 Å². The molecule has 0 aliphatic carbocycles. The van der Waals surface area contributed by atoms with Crippen LogP contribution in [0.1, 0.15) is 15.9 Å². The van der Waals surface area contributed by atoms with E-state index in [4.69, 9.17) is 30.2 Å². The highest BCUT2D eigenvalue weighted by molar-refractivity contribution is 7.98. The van der Waals surface area contributed by atoms with E-state index in [0.29, 0.717) is 33.9 Å². The van der Waals surface area contributed by atoms with Crippen molar-refractivity contribution in [2.75, 3.05) is 32.4 Å². The lowest BCUT2D eigenvalue weighted by atomic mass is 9.98. The average molecular weight is 563 g/mol. The molecule has 10 heteroatoms. The molecule has 0 unspecified atom stereocenters. The standard InChI is InChI=1S/C29H23ClN2O6S/c1-35-19-8-4-17(5-9-19)26-23(15-31)28(38-27(26)18-6-10-20(36-2)11-7-18)32-25(33)16-37-29(34)22-14-21(39-3)12-13-24(22)30/h4-14H,16H2,1-3H3,(H,32,33). The summed E-state index contributed by atoms with van der Waals surface area (Å²) in [6.07, 6.45) is 1.86. The fourth-order valence-electron chi connectivity index (χ4n) is 3.76. The van der Waals surface area contributed by atoms with Crippen molar-refractivity contribution in [2.45, 2.75) is 4.90 Å². The number of esters is 1. The number of methoxy groups -OCH3 is 2. The third kappa shape index (κ3) is 6.20. The number of hydrogen-bond acceptors (Lipinski definition) is 8. The van der Waals surface area contributed by atoms with Gasteiger partial charge in [0.2, 0.25) is 5.88 Å². The van der Waals surface area contributed by atoms with Gasteiger partial charge in [-0.2, -0.15) is 5.26 Å². The van der Waals surface area contributed by atoms with Crippen molar-refractivity contribution in [2.24, 2.45) is 0 Å². The molecule has 1 amide bonds. The Morgan fingerprint density at radius 2 is 1.59 bits per heavy atom. The van der Waals surface area contributed by atoms with Crippen LogP contribution >= 0.6 is 23.4 Å². The van der Waals surface area contributed by atoms with E-state index in [0.717, 1.165) is 4.90 Å². The summed E-state index contributed by atoms with van der Waals surface area (Å²) in [5, 5.41) is 12.8. The number of carbonyl (C=O) groups is 2. The highest BCUT2D eigenvalue weighted by Gasteiger charge is 2.25. The van der Waals surface area contributed by atoms with Crippen LogP contribution in [0.15, 0.2) is 76.0 Å². The van der Waals surface area contributed by atoms with E-state index < -0.39 is 18.5 Å². The number of ether oxygens (including phenoxy) is 3. The first-order valence-electron chi connectivity index (χ1n) is 11.5. The summed E-state index contributed by atoms with van der Waals surface area (Å²) in [7, 11) is 3.12. The van der Waals surface area contributed by atoms with Crippen molar-refractivity contribution in [1.29, 1.82) is 5.26 Å². The third-order valence-electron chi connectivity index (χ3n) is 5.73. The molecule has 0 aliphatic heterocycles. The Morgan fingerprint density at radius 3 is 2.15 bits per heavy atom. The Labute approximate surface area is 234 Å². The van der Waals surface area contributed by atoms with E-state index in [1.54, 1.807) is 80.9 Å². The lowest BCUT2D eigenvalue weighted by Crippen LogP contribution is -2.21. The fraction of sp³-hybridized carbons (Fsp3) is 0.138. The molecular formula is C29H23ClN2O6S. The summed E-state index contributed by atoms with van der Waals surface area (Å²) < 4.78 is 21.7. The first kappa shape index (κ1) is 27.6. The lowest BCUT2D eigenvalue weighted by Gasteiger charge is -2.07. The number of benzene rings is 3. The van der Waals surface area contributed by atoms with Crippen molar-refractivity contribution in [1.82, 2.24) is 0 Å². The van der Waals surface area contributed by atoms with Gasteiger partial charge in [0, 0.05) is 16.0 Å². The minimum atomic E-state index is -0.746. The molecule has 0 radical (unpaired) electrons. The normalized spacial score (nSPS) is 10.4. The zero-order chi connectivity index (χ0) is 27.9. The number of nitriles is 1. The van der Waals surface area contributed by atoms with Crippen LogP contribution in [0.25, 0.3) is 22.5 Å². The number of amides is 1. The molecule has 1 heterocycles. The molecule has 4 aromatic rings. The van der Waals surface area contributed by atoms with Gasteiger partial charge < -0.3 is 18.6 Å². The number of nitrogens with zero attached hydrogens (tertiary/aromatic N) is 1. The van der Waals surface area contributed by atoms with Gasteiger partial charge in [-0.1, -0.05) is 23.7 Å². The number of thioether (sulfide) groups is 1. The van der Waals surface area contributed by atoms with E-state index in [-0.39, 0.29) is 22.0 Å². The van der Waals surface area contributed by atoms with E-state index in [2.05, 4.69) is 11.4 Å². The van der Waals surface area contributed by atoms with Crippen molar-refractivity contribution in [3.63, 3.8) is 0 Å². The molecule has 39 heavy (non-hydrogen) atoms. The van der Waals surface area contributed by atoms with Crippen molar-refractivity contribution < 1.29 is 28.2 Å². The maximum absolute atomic E-state index is 12.8. The van der Waals surface area contributed by atoms with Crippen molar-refractivity contribution in [3.05, 3.63) is 82.9 Å². The topological polar surface area (TPSA) is 111 Å². The van der Waals surface area contributed by atoms with Gasteiger partial charge in [0.05, 0.1) is 24.8 Å². The van der Waals surface area contributed by atoms with Crippen LogP contribution in [0.2, 0.25) is 5.02 Å². The second-order valence-electron chi connectivity index (χ2n) is 8.05. The first-order chi connectivity index (χ1) is 18.9. The van der Waals surface area contributed by atoms with Gasteiger partial charge in [-0.3, -0.25) is 10.1 Å². The summed E-state index contributed by atoms with van der Waals surface area (Å²) in [6.45, 7) is -0.611. The second-order valence-corrected chi connectivity index (χ2v) is 9.34. The number of anilines is 1. The molecule has 1 aromatic heterocycles. The smallest absolute Gasteiger partial charge is 0.340 e. The largest absolute Gasteiger partial charge is 0.497 e. The van der Waals surface area contributed by atoms with Gasteiger partial charge >= 0.3 is 5.97 Å².